The predicted octanol–water partition coefficient (Wildman–Crippen LogP) is 0.218. The van der Waals surface area contributed by atoms with E-state index in [1.54, 1.807) is 0 Å². The predicted molar refractivity (Wildman–Crippen MR) is 70.7 cm³/mol. The van der Waals surface area contributed by atoms with E-state index in [1.807, 2.05) is 0 Å². The van der Waals surface area contributed by atoms with Crippen molar-refractivity contribution in [1.82, 2.24) is 15.1 Å². The summed E-state index contributed by atoms with van der Waals surface area (Å²) >= 11 is 0. The molecular formula is C13H25N3O2. The van der Waals surface area contributed by atoms with E-state index in [2.05, 4.69) is 29.2 Å². The quantitative estimate of drug-likeness (QED) is 0.711. The number of likely N-dealkylation sites (N-methyl/N-ethyl adjacent to an activating group) is 1. The fourth-order valence-electron chi connectivity index (χ4n) is 2.61. The van der Waals surface area contributed by atoms with Crippen LogP contribution in [-0.2, 0) is 4.79 Å². The second-order valence-corrected chi connectivity index (χ2v) is 5.81. The van der Waals surface area contributed by atoms with Crippen molar-refractivity contribution in [3.8, 4) is 0 Å². The Balaban J connectivity index is 1.79. The van der Waals surface area contributed by atoms with Crippen molar-refractivity contribution in [2.24, 2.45) is 0 Å². The van der Waals surface area contributed by atoms with Gasteiger partial charge in [0.1, 0.15) is 6.04 Å². The lowest BCUT2D eigenvalue weighted by Crippen LogP contribution is -2.50. The molecule has 1 atom stereocenters. The second kappa shape index (κ2) is 5.99. The van der Waals surface area contributed by atoms with E-state index in [9.17, 15) is 9.90 Å². The first-order valence-corrected chi connectivity index (χ1v) is 6.94. The Kier molecular flexibility index (Phi) is 4.59. The second-order valence-electron chi connectivity index (χ2n) is 5.81. The molecule has 2 aliphatic rings. The van der Waals surface area contributed by atoms with Crippen molar-refractivity contribution >= 4 is 5.97 Å². The Bertz CT molecular complexity index is 286. The number of nitrogens with one attached hydrogen (secondary N) is 1. The Hall–Kier alpha value is -0.650. The lowest BCUT2D eigenvalue weighted by molar-refractivity contribution is -0.140. The fraction of sp³-hybridized carbons (Fsp3) is 0.923. The largest absolute Gasteiger partial charge is 0.480 e. The molecule has 0 amide bonds. The van der Waals surface area contributed by atoms with E-state index in [4.69, 9.17) is 0 Å². The number of likely N-dealkylation sites (tertiary alicyclic amines) is 1. The van der Waals surface area contributed by atoms with Gasteiger partial charge in [-0.15, -0.1) is 0 Å². The number of hydrogen-bond acceptors (Lipinski definition) is 4. The van der Waals surface area contributed by atoms with Crippen LogP contribution in [0.15, 0.2) is 0 Å². The standard InChI is InChI=1S/C13H25N3O2/c1-15-7-5-11(6-8-15)16(2)9-12(13(17)18)14-10-3-4-10/h10-12,14H,3-9H2,1-2H3,(H,17,18). The first-order chi connectivity index (χ1) is 8.56. The van der Waals surface area contributed by atoms with Crippen molar-refractivity contribution in [1.29, 1.82) is 0 Å². The molecule has 2 rings (SSSR count). The summed E-state index contributed by atoms with van der Waals surface area (Å²) in [6.07, 6.45) is 4.54. The Morgan fingerprint density at radius 2 is 2.00 bits per heavy atom. The molecule has 1 saturated carbocycles. The number of hydrogen-bond donors (Lipinski definition) is 2. The molecule has 1 unspecified atom stereocenters. The van der Waals surface area contributed by atoms with Crippen molar-refractivity contribution in [2.45, 2.75) is 43.8 Å². The Morgan fingerprint density at radius 3 is 2.50 bits per heavy atom. The fourth-order valence-corrected chi connectivity index (χ4v) is 2.61. The minimum absolute atomic E-state index is 0.415. The maximum Gasteiger partial charge on any atom is 0.322 e. The van der Waals surface area contributed by atoms with Gasteiger partial charge in [0, 0.05) is 18.6 Å². The maximum atomic E-state index is 11.2. The van der Waals surface area contributed by atoms with Crippen LogP contribution in [0.5, 0.6) is 0 Å². The van der Waals surface area contributed by atoms with Gasteiger partial charge in [-0.1, -0.05) is 0 Å². The highest BCUT2D eigenvalue weighted by molar-refractivity contribution is 5.73. The SMILES string of the molecule is CN1CCC(N(C)CC(NC2CC2)C(=O)O)CC1. The smallest absolute Gasteiger partial charge is 0.322 e. The topological polar surface area (TPSA) is 55.8 Å². The lowest BCUT2D eigenvalue weighted by Gasteiger charge is -2.36. The molecule has 18 heavy (non-hydrogen) atoms. The lowest BCUT2D eigenvalue weighted by atomic mass is 10.0. The average molecular weight is 255 g/mol. The normalized spacial score (nSPS) is 24.4. The van der Waals surface area contributed by atoms with Crippen LogP contribution in [0.2, 0.25) is 0 Å². The molecule has 5 heteroatoms. The van der Waals surface area contributed by atoms with Gasteiger partial charge < -0.3 is 20.2 Å². The molecule has 0 bridgehead atoms. The molecule has 1 heterocycles. The van der Waals surface area contributed by atoms with Gasteiger partial charge in [-0.05, 0) is 52.9 Å². The van der Waals surface area contributed by atoms with Crippen LogP contribution in [0, 0.1) is 0 Å². The van der Waals surface area contributed by atoms with Gasteiger partial charge in [-0.3, -0.25) is 4.79 Å². The summed E-state index contributed by atoms with van der Waals surface area (Å²) in [5, 5.41) is 12.5. The number of rotatable bonds is 6. The molecule has 5 nitrogen and oxygen atoms in total. The van der Waals surface area contributed by atoms with Crippen LogP contribution >= 0.6 is 0 Å². The van der Waals surface area contributed by atoms with Gasteiger partial charge in [0.25, 0.3) is 0 Å². The van der Waals surface area contributed by atoms with Gasteiger partial charge in [-0.25, -0.2) is 0 Å². The number of aliphatic carboxylic acids is 1. The van der Waals surface area contributed by atoms with Crippen LogP contribution in [0.25, 0.3) is 0 Å². The third kappa shape index (κ3) is 3.93. The highest BCUT2D eigenvalue weighted by Gasteiger charge is 2.30. The van der Waals surface area contributed by atoms with Crippen molar-refractivity contribution < 1.29 is 9.90 Å². The highest BCUT2D eigenvalue weighted by atomic mass is 16.4. The first-order valence-electron chi connectivity index (χ1n) is 6.94. The molecular weight excluding hydrogens is 230 g/mol. The van der Waals surface area contributed by atoms with Crippen LogP contribution in [0.3, 0.4) is 0 Å². The van der Waals surface area contributed by atoms with Gasteiger partial charge in [0.15, 0.2) is 0 Å². The molecule has 0 spiro atoms. The van der Waals surface area contributed by atoms with E-state index in [1.165, 1.54) is 0 Å². The van der Waals surface area contributed by atoms with Crippen LogP contribution < -0.4 is 5.32 Å². The van der Waals surface area contributed by atoms with E-state index in [0.29, 0.717) is 18.6 Å². The summed E-state index contributed by atoms with van der Waals surface area (Å²) in [5.74, 6) is -0.721. The number of piperidine rings is 1. The Labute approximate surface area is 109 Å². The molecule has 2 fully saturated rings. The van der Waals surface area contributed by atoms with Crippen molar-refractivity contribution in [2.75, 3.05) is 33.7 Å². The van der Waals surface area contributed by atoms with E-state index >= 15 is 0 Å². The summed E-state index contributed by atoms with van der Waals surface area (Å²) in [5.41, 5.74) is 0. The molecule has 1 aliphatic heterocycles. The summed E-state index contributed by atoms with van der Waals surface area (Å²) < 4.78 is 0. The number of carboxylic acids is 1. The van der Waals surface area contributed by atoms with Gasteiger partial charge in [0.2, 0.25) is 0 Å². The van der Waals surface area contributed by atoms with Gasteiger partial charge in [-0.2, -0.15) is 0 Å². The van der Waals surface area contributed by atoms with Crippen molar-refractivity contribution in [3.05, 3.63) is 0 Å². The van der Waals surface area contributed by atoms with Crippen LogP contribution in [0.4, 0.5) is 0 Å². The average Bonchev–Trinajstić information content (AvgIpc) is 3.12. The number of carboxylic acid groups (broad SMARTS) is 1. The van der Waals surface area contributed by atoms with Crippen LogP contribution in [-0.4, -0.2) is 72.7 Å². The maximum absolute atomic E-state index is 11.2. The molecule has 0 aromatic carbocycles. The molecule has 0 aromatic heterocycles. The van der Waals surface area contributed by atoms with Crippen molar-refractivity contribution in [3.63, 3.8) is 0 Å². The summed E-state index contributed by atoms with van der Waals surface area (Å²) in [6.45, 7) is 2.84. The van der Waals surface area contributed by atoms with Crippen LogP contribution in [0.1, 0.15) is 25.7 Å². The molecule has 1 saturated heterocycles. The summed E-state index contributed by atoms with van der Waals surface area (Å²) in [4.78, 5) is 15.8. The van der Waals surface area contributed by atoms with Gasteiger partial charge >= 0.3 is 5.97 Å². The first kappa shape index (κ1) is 13.8. The van der Waals surface area contributed by atoms with E-state index in [0.717, 1.165) is 38.8 Å². The third-order valence-electron chi connectivity index (χ3n) is 4.09. The van der Waals surface area contributed by atoms with E-state index < -0.39 is 12.0 Å². The minimum Gasteiger partial charge on any atom is -0.480 e. The monoisotopic (exact) mass is 255 g/mol. The molecule has 104 valence electrons. The third-order valence-corrected chi connectivity index (χ3v) is 4.09. The molecule has 0 aromatic rings. The molecule has 1 aliphatic carbocycles. The highest BCUT2D eigenvalue weighted by Crippen LogP contribution is 2.20. The zero-order valence-electron chi connectivity index (χ0n) is 11.4. The number of nitrogens with zero attached hydrogens (tertiary/aromatic N) is 2. The zero-order valence-corrected chi connectivity index (χ0v) is 11.4. The van der Waals surface area contributed by atoms with E-state index in [-0.39, 0.29) is 0 Å². The Morgan fingerprint density at radius 1 is 1.39 bits per heavy atom. The summed E-state index contributed by atoms with van der Waals surface area (Å²) in [7, 11) is 4.20. The molecule has 0 radical (unpaired) electrons. The summed E-state index contributed by atoms with van der Waals surface area (Å²) in [6, 6.07) is 0.559. The zero-order chi connectivity index (χ0) is 13.1. The van der Waals surface area contributed by atoms with Gasteiger partial charge in [0.05, 0.1) is 0 Å². The number of carbonyl (C=O) groups is 1. The molecule has 2 N–H and O–H groups in total. The minimum atomic E-state index is -0.721.